The number of fused-ring (bicyclic) bond motifs is 3. The van der Waals surface area contributed by atoms with Crippen LogP contribution in [0.2, 0.25) is 0 Å². The predicted octanol–water partition coefficient (Wildman–Crippen LogP) is 3.68. The van der Waals surface area contributed by atoms with E-state index >= 15 is 0 Å². The molecule has 2 N–H and O–H groups in total. The van der Waals surface area contributed by atoms with Crippen molar-refractivity contribution in [1.29, 1.82) is 0 Å². The van der Waals surface area contributed by atoms with Crippen LogP contribution in [-0.4, -0.2) is 76.7 Å². The lowest BCUT2D eigenvalue weighted by molar-refractivity contribution is -0.139. The molecule has 1 aliphatic heterocycles. The normalized spacial score (nSPS) is 17.1. The predicted molar refractivity (Wildman–Crippen MR) is 135 cm³/mol. The Morgan fingerprint density at radius 3 is 2.44 bits per heavy atom. The van der Waals surface area contributed by atoms with Crippen LogP contribution in [0.3, 0.4) is 0 Å². The van der Waals surface area contributed by atoms with Gasteiger partial charge < -0.3 is 20.1 Å². The fourth-order valence-electron chi connectivity index (χ4n) is 4.47. The van der Waals surface area contributed by atoms with E-state index in [4.69, 9.17) is 9.84 Å². The van der Waals surface area contributed by atoms with Crippen molar-refractivity contribution in [2.75, 3.05) is 42.7 Å². The molecule has 2 aromatic carbocycles. The summed E-state index contributed by atoms with van der Waals surface area (Å²) in [4.78, 5) is 37.5. The van der Waals surface area contributed by atoms with Crippen molar-refractivity contribution in [2.45, 2.75) is 18.4 Å². The van der Waals surface area contributed by atoms with Gasteiger partial charge in [-0.25, -0.2) is 4.79 Å². The number of nitrogens with one attached hydrogen (secondary N) is 1. The molecule has 1 unspecified atom stereocenters. The molecule has 1 heterocycles. The third-order valence-electron chi connectivity index (χ3n) is 6.04. The van der Waals surface area contributed by atoms with Gasteiger partial charge in [0.05, 0.1) is 18.2 Å². The number of nitrogens with zero attached hydrogens (tertiary/aromatic N) is 1. The number of alkyl carbamates (subject to hydrolysis) is 1. The van der Waals surface area contributed by atoms with Gasteiger partial charge in [0.2, 0.25) is 5.91 Å². The second-order valence-electron chi connectivity index (χ2n) is 8.22. The minimum atomic E-state index is -0.884. The highest BCUT2D eigenvalue weighted by atomic mass is 32.2. The van der Waals surface area contributed by atoms with Gasteiger partial charge in [-0.3, -0.25) is 9.59 Å². The summed E-state index contributed by atoms with van der Waals surface area (Å²) in [5.74, 6) is 1.42. The molecule has 1 saturated heterocycles. The van der Waals surface area contributed by atoms with Crippen LogP contribution in [-0.2, 0) is 14.3 Å². The zero-order chi connectivity index (χ0) is 23.9. The van der Waals surface area contributed by atoms with E-state index in [1.165, 1.54) is 34.0 Å². The molecule has 0 spiro atoms. The van der Waals surface area contributed by atoms with Crippen molar-refractivity contribution in [3.63, 3.8) is 0 Å². The van der Waals surface area contributed by atoms with E-state index in [-0.39, 0.29) is 36.6 Å². The second kappa shape index (κ2) is 11.7. The van der Waals surface area contributed by atoms with E-state index in [9.17, 15) is 14.4 Å². The van der Waals surface area contributed by atoms with Crippen molar-refractivity contribution >= 4 is 41.5 Å². The molecule has 0 bridgehead atoms. The number of rotatable bonds is 9. The Balaban J connectivity index is 1.18. The zero-order valence-corrected chi connectivity index (χ0v) is 20.4. The average Bonchev–Trinajstić information content (AvgIpc) is 3.16. The zero-order valence-electron chi connectivity index (χ0n) is 18.8. The van der Waals surface area contributed by atoms with Crippen LogP contribution in [0.25, 0.3) is 11.1 Å². The van der Waals surface area contributed by atoms with Crippen molar-refractivity contribution in [3.8, 4) is 11.1 Å². The minimum absolute atomic E-state index is 0.0200. The van der Waals surface area contributed by atoms with Gasteiger partial charge in [-0.05, 0) is 22.3 Å². The summed E-state index contributed by atoms with van der Waals surface area (Å²) in [5.41, 5.74) is 4.71. The molecule has 1 fully saturated rings. The van der Waals surface area contributed by atoms with Crippen LogP contribution in [0, 0.1) is 0 Å². The monoisotopic (exact) mass is 500 g/mol. The largest absolute Gasteiger partial charge is 0.481 e. The molecular formula is C25H28N2O5S2. The molecule has 34 heavy (non-hydrogen) atoms. The molecule has 0 aromatic heterocycles. The Kier molecular flexibility index (Phi) is 8.39. The summed E-state index contributed by atoms with van der Waals surface area (Å²) in [6.45, 7) is 1.24. The first-order valence-corrected chi connectivity index (χ1v) is 13.6. The van der Waals surface area contributed by atoms with Crippen molar-refractivity contribution in [3.05, 3.63) is 59.7 Å². The number of carboxylic acids is 1. The molecule has 2 aromatic rings. The lowest BCUT2D eigenvalue weighted by atomic mass is 9.98. The van der Waals surface area contributed by atoms with Gasteiger partial charge in [0.25, 0.3) is 0 Å². The molecule has 1 aliphatic carbocycles. The summed E-state index contributed by atoms with van der Waals surface area (Å²) in [6.07, 6.45) is -0.490. The molecule has 2 aliphatic rings. The topological polar surface area (TPSA) is 95.9 Å². The summed E-state index contributed by atoms with van der Waals surface area (Å²) in [6, 6.07) is 16.1. The summed E-state index contributed by atoms with van der Waals surface area (Å²) in [7, 11) is 0. The minimum Gasteiger partial charge on any atom is -0.481 e. The first-order valence-electron chi connectivity index (χ1n) is 11.3. The highest BCUT2D eigenvalue weighted by molar-refractivity contribution is 8.00. The van der Waals surface area contributed by atoms with E-state index < -0.39 is 12.1 Å². The van der Waals surface area contributed by atoms with Crippen LogP contribution < -0.4 is 5.32 Å². The number of carbonyl (C=O) groups is 3. The Labute approximate surface area is 207 Å². The molecule has 4 rings (SSSR count). The van der Waals surface area contributed by atoms with E-state index in [0.717, 1.165) is 5.75 Å². The Morgan fingerprint density at radius 1 is 1.09 bits per heavy atom. The molecule has 180 valence electrons. The van der Waals surface area contributed by atoms with Crippen LogP contribution in [0.4, 0.5) is 4.79 Å². The fraction of sp³-hybridized carbons (Fsp3) is 0.400. The summed E-state index contributed by atoms with van der Waals surface area (Å²) >= 11 is 3.11. The Bertz CT molecular complexity index is 1000. The molecule has 0 radical (unpaired) electrons. The number of ether oxygens (including phenoxy) is 1. The standard InChI is InChI=1S/C25H28N2O5S2/c28-23(27-10-12-34-15-17(27)13-24(29)30)16-33-11-9-26-25(31)32-14-22-20-7-3-1-5-18(20)19-6-2-4-8-21(19)22/h1-8,17,22H,9-16H2,(H,26,31)(H,29,30). The van der Waals surface area contributed by atoms with Gasteiger partial charge in [0.1, 0.15) is 6.61 Å². The maximum absolute atomic E-state index is 12.5. The molecule has 9 heteroatoms. The van der Waals surface area contributed by atoms with Crippen molar-refractivity contribution < 1.29 is 24.2 Å². The van der Waals surface area contributed by atoms with E-state index in [0.29, 0.717) is 24.6 Å². The third kappa shape index (κ3) is 5.88. The van der Waals surface area contributed by atoms with E-state index in [2.05, 4.69) is 29.6 Å². The first kappa shape index (κ1) is 24.5. The highest BCUT2D eigenvalue weighted by Crippen LogP contribution is 2.44. The highest BCUT2D eigenvalue weighted by Gasteiger charge is 2.30. The maximum Gasteiger partial charge on any atom is 0.407 e. The van der Waals surface area contributed by atoms with Crippen LogP contribution in [0.5, 0.6) is 0 Å². The van der Waals surface area contributed by atoms with E-state index in [1.54, 1.807) is 16.7 Å². The molecular weight excluding hydrogens is 472 g/mol. The number of thioether (sulfide) groups is 2. The smallest absolute Gasteiger partial charge is 0.407 e. The summed E-state index contributed by atoms with van der Waals surface area (Å²) in [5, 5.41) is 11.8. The quantitative estimate of drug-likeness (QED) is 0.507. The van der Waals surface area contributed by atoms with Crippen molar-refractivity contribution in [1.82, 2.24) is 10.2 Å². The van der Waals surface area contributed by atoms with Gasteiger partial charge >= 0.3 is 12.1 Å². The Morgan fingerprint density at radius 2 is 1.76 bits per heavy atom. The lowest BCUT2D eigenvalue weighted by Crippen LogP contribution is -2.47. The second-order valence-corrected chi connectivity index (χ2v) is 10.5. The van der Waals surface area contributed by atoms with Crippen LogP contribution in [0.1, 0.15) is 23.5 Å². The molecule has 7 nitrogen and oxygen atoms in total. The number of carboxylic acid groups (broad SMARTS) is 1. The first-order chi connectivity index (χ1) is 16.5. The average molecular weight is 501 g/mol. The number of carbonyl (C=O) groups excluding carboxylic acids is 2. The number of hydrogen-bond acceptors (Lipinski definition) is 6. The van der Waals surface area contributed by atoms with Gasteiger partial charge in [-0.2, -0.15) is 23.5 Å². The maximum atomic E-state index is 12.5. The van der Waals surface area contributed by atoms with Gasteiger partial charge in [0.15, 0.2) is 0 Å². The number of aliphatic carboxylic acids is 1. The number of hydrogen-bond donors (Lipinski definition) is 2. The molecule has 0 saturated carbocycles. The van der Waals surface area contributed by atoms with Crippen molar-refractivity contribution in [2.24, 2.45) is 0 Å². The van der Waals surface area contributed by atoms with Gasteiger partial charge in [-0.1, -0.05) is 48.5 Å². The number of benzene rings is 2. The molecule has 1 atom stereocenters. The SMILES string of the molecule is O=C(O)CC1CSCCN1C(=O)CSCCNC(=O)OCC1c2ccccc2-c2ccccc21. The van der Waals surface area contributed by atoms with Gasteiger partial charge in [-0.15, -0.1) is 0 Å². The van der Waals surface area contributed by atoms with Crippen LogP contribution in [0.15, 0.2) is 48.5 Å². The Hall–Kier alpha value is -2.65. The molecule has 2 amide bonds. The number of amides is 2. The van der Waals surface area contributed by atoms with E-state index in [1.807, 2.05) is 24.3 Å². The van der Waals surface area contributed by atoms with Gasteiger partial charge in [0, 0.05) is 36.3 Å². The summed E-state index contributed by atoms with van der Waals surface area (Å²) < 4.78 is 5.52. The third-order valence-corrected chi connectivity index (χ3v) is 8.08. The van der Waals surface area contributed by atoms with Crippen LogP contribution >= 0.6 is 23.5 Å². The fourth-order valence-corrected chi connectivity index (χ4v) is 6.26. The lowest BCUT2D eigenvalue weighted by Gasteiger charge is -2.34.